The van der Waals surface area contributed by atoms with Crippen LogP contribution in [0.3, 0.4) is 0 Å². The molecule has 21 heavy (non-hydrogen) atoms. The summed E-state index contributed by atoms with van der Waals surface area (Å²) in [5, 5.41) is 3.51. The molecule has 0 spiro atoms. The molecule has 1 aliphatic rings. The van der Waals surface area contributed by atoms with Crippen molar-refractivity contribution in [1.82, 2.24) is 0 Å². The zero-order valence-corrected chi connectivity index (χ0v) is 12.5. The summed E-state index contributed by atoms with van der Waals surface area (Å²) >= 11 is 0. The van der Waals surface area contributed by atoms with Gasteiger partial charge in [-0.2, -0.15) is 0 Å². The summed E-state index contributed by atoms with van der Waals surface area (Å²) in [7, 11) is 0. The van der Waals surface area contributed by atoms with Gasteiger partial charge in [0.1, 0.15) is 11.6 Å². The Morgan fingerprint density at radius 1 is 1.52 bits per heavy atom. The lowest BCUT2D eigenvalue weighted by atomic mass is 9.65. The lowest BCUT2D eigenvalue weighted by Gasteiger charge is -2.35. The fourth-order valence-corrected chi connectivity index (χ4v) is 2.78. The van der Waals surface area contributed by atoms with E-state index in [1.807, 2.05) is 6.92 Å². The summed E-state index contributed by atoms with van der Waals surface area (Å²) in [5.41, 5.74) is 8.35. The third-order valence-corrected chi connectivity index (χ3v) is 4.15. The summed E-state index contributed by atoms with van der Waals surface area (Å²) in [6.45, 7) is 5.89. The molecule has 1 aliphatic carbocycles. The normalized spacial score (nSPS) is 18.5. The van der Waals surface area contributed by atoms with Crippen molar-refractivity contribution in [1.29, 1.82) is 0 Å². The molecule has 1 unspecified atom stereocenters. The fraction of sp³-hybridized carbons (Fsp3) is 0.625. The van der Waals surface area contributed by atoms with Gasteiger partial charge in [-0.15, -0.1) is 6.42 Å². The molecule has 5 nitrogen and oxygen atoms in total. The van der Waals surface area contributed by atoms with E-state index in [0.29, 0.717) is 38.5 Å². The molecule has 0 aliphatic heterocycles. The Morgan fingerprint density at radius 2 is 2.14 bits per heavy atom. The van der Waals surface area contributed by atoms with Crippen LogP contribution >= 0.6 is 0 Å². The highest BCUT2D eigenvalue weighted by molar-refractivity contribution is 6.09. The second-order valence-electron chi connectivity index (χ2n) is 5.49. The number of rotatable bonds is 7. The molecule has 1 rings (SSSR count). The van der Waals surface area contributed by atoms with Gasteiger partial charge in [-0.05, 0) is 37.6 Å². The molecule has 1 fully saturated rings. The van der Waals surface area contributed by atoms with Crippen molar-refractivity contribution in [2.75, 3.05) is 0 Å². The highest BCUT2D eigenvalue weighted by Crippen LogP contribution is 2.40. The van der Waals surface area contributed by atoms with Gasteiger partial charge in [0, 0.05) is 17.8 Å². The van der Waals surface area contributed by atoms with E-state index in [1.165, 1.54) is 0 Å². The predicted octanol–water partition coefficient (Wildman–Crippen LogP) is 3.74. The van der Waals surface area contributed by atoms with E-state index in [0.717, 1.165) is 12.0 Å². The van der Waals surface area contributed by atoms with Gasteiger partial charge in [-0.25, -0.2) is 0 Å². The largest absolute Gasteiger partial charge is 0.299 e. The number of allylic oxidation sites excluding steroid dienone is 1. The molecule has 1 saturated carbocycles. The van der Waals surface area contributed by atoms with E-state index in [9.17, 15) is 9.59 Å². The summed E-state index contributed by atoms with van der Waals surface area (Å²) < 4.78 is 0. The Bertz CT molecular complexity index is 508. The minimum Gasteiger partial charge on any atom is -0.299 e. The number of nitrogens with zero attached hydrogens (tertiary/aromatic N) is 3. The first kappa shape index (κ1) is 17.0. The third-order valence-electron chi connectivity index (χ3n) is 4.15. The molecule has 0 N–H and O–H groups in total. The zero-order valence-electron chi connectivity index (χ0n) is 12.5. The highest BCUT2D eigenvalue weighted by atomic mass is 16.2. The number of carbonyl (C=O) groups excluding carboxylic acids is 2. The maximum Gasteiger partial charge on any atom is 0.146 e. The van der Waals surface area contributed by atoms with E-state index >= 15 is 0 Å². The van der Waals surface area contributed by atoms with Crippen LogP contribution in [-0.2, 0) is 9.59 Å². The number of carbonyl (C=O) groups is 2. The summed E-state index contributed by atoms with van der Waals surface area (Å²) in [4.78, 5) is 27.5. The molecule has 0 amide bonds. The van der Waals surface area contributed by atoms with Crippen molar-refractivity contribution < 1.29 is 9.59 Å². The molecule has 0 radical (unpaired) electrons. The Hall–Kier alpha value is -2.05. The summed E-state index contributed by atoms with van der Waals surface area (Å²) in [6.07, 6.45) is 8.56. The van der Waals surface area contributed by atoms with Crippen molar-refractivity contribution in [2.45, 2.75) is 57.9 Å². The number of hydrogen-bond donors (Lipinski definition) is 0. The van der Waals surface area contributed by atoms with E-state index < -0.39 is 11.5 Å². The first-order valence-corrected chi connectivity index (χ1v) is 7.23. The monoisotopic (exact) mass is 287 g/mol. The van der Waals surface area contributed by atoms with Crippen molar-refractivity contribution in [3.05, 3.63) is 22.6 Å². The number of hydrogen-bond acceptors (Lipinski definition) is 3. The average molecular weight is 287 g/mol. The highest BCUT2D eigenvalue weighted by Gasteiger charge is 2.46. The van der Waals surface area contributed by atoms with E-state index in [1.54, 1.807) is 0 Å². The fourth-order valence-electron chi connectivity index (χ4n) is 2.78. The molecule has 0 heterocycles. The minimum atomic E-state index is -1.01. The van der Waals surface area contributed by atoms with Gasteiger partial charge in [0.25, 0.3) is 0 Å². The first-order chi connectivity index (χ1) is 10.00. The van der Waals surface area contributed by atoms with Gasteiger partial charge in [0.2, 0.25) is 0 Å². The smallest absolute Gasteiger partial charge is 0.146 e. The van der Waals surface area contributed by atoms with Crippen LogP contribution in [0.1, 0.15) is 51.9 Å². The Kier molecular flexibility index (Phi) is 6.20. The van der Waals surface area contributed by atoms with E-state index in [2.05, 4.69) is 22.5 Å². The molecule has 0 saturated heterocycles. The van der Waals surface area contributed by atoms with Crippen molar-refractivity contribution >= 4 is 11.6 Å². The topological polar surface area (TPSA) is 82.9 Å². The van der Waals surface area contributed by atoms with Crippen LogP contribution in [0.5, 0.6) is 0 Å². The number of Topliss-reactive ketones (excluding diaryl/α,β-unsaturated/α-hetero) is 2. The molecule has 0 aromatic heterocycles. The van der Waals surface area contributed by atoms with E-state index in [-0.39, 0.29) is 11.6 Å². The van der Waals surface area contributed by atoms with Gasteiger partial charge >= 0.3 is 0 Å². The molecular weight excluding hydrogens is 266 g/mol. The van der Waals surface area contributed by atoms with Crippen LogP contribution in [0.15, 0.2) is 17.3 Å². The van der Waals surface area contributed by atoms with Gasteiger partial charge in [0.05, 0.1) is 11.5 Å². The van der Waals surface area contributed by atoms with Crippen molar-refractivity contribution in [2.24, 2.45) is 10.5 Å². The minimum absolute atomic E-state index is 0.0231. The first-order valence-electron chi connectivity index (χ1n) is 7.23. The van der Waals surface area contributed by atoms with Crippen LogP contribution in [0.25, 0.3) is 10.4 Å². The van der Waals surface area contributed by atoms with Gasteiger partial charge < -0.3 is 0 Å². The molecule has 0 aromatic rings. The Balaban J connectivity index is 2.99. The molecular formula is C16H21N3O2. The van der Waals surface area contributed by atoms with Gasteiger partial charge in [-0.1, -0.05) is 30.1 Å². The average Bonchev–Trinajstić information content (AvgIpc) is 2.48. The molecule has 112 valence electrons. The standard InChI is InChI=1S/C16H21N3O2/c1-4-12(3)11-16(10-9-13(5-2)18-19-17)14(20)7-6-8-15(16)21/h2,13H,3-4,6-11H2,1H3. The lowest BCUT2D eigenvalue weighted by molar-refractivity contribution is -0.144. The predicted molar refractivity (Wildman–Crippen MR) is 81.3 cm³/mol. The maximum absolute atomic E-state index is 12.4. The van der Waals surface area contributed by atoms with Gasteiger partial charge in [0.15, 0.2) is 0 Å². The lowest BCUT2D eigenvalue weighted by Crippen LogP contribution is -2.43. The van der Waals surface area contributed by atoms with Crippen LogP contribution in [0.4, 0.5) is 0 Å². The van der Waals surface area contributed by atoms with Crippen LogP contribution in [0.2, 0.25) is 0 Å². The van der Waals surface area contributed by atoms with E-state index in [4.69, 9.17) is 12.0 Å². The molecule has 0 aromatic carbocycles. The summed E-state index contributed by atoms with van der Waals surface area (Å²) in [5.74, 6) is 2.35. The van der Waals surface area contributed by atoms with Crippen LogP contribution in [0, 0.1) is 17.8 Å². The summed E-state index contributed by atoms with van der Waals surface area (Å²) in [6, 6.07) is -0.621. The van der Waals surface area contributed by atoms with Gasteiger partial charge in [-0.3, -0.25) is 9.59 Å². The Morgan fingerprint density at radius 3 is 2.62 bits per heavy atom. The van der Waals surface area contributed by atoms with Crippen molar-refractivity contribution in [3.63, 3.8) is 0 Å². The second kappa shape index (κ2) is 7.66. The van der Waals surface area contributed by atoms with Crippen LogP contribution in [-0.4, -0.2) is 17.6 Å². The molecule has 1 atom stereocenters. The molecule has 0 bridgehead atoms. The quantitative estimate of drug-likeness (QED) is 0.178. The third kappa shape index (κ3) is 3.96. The maximum atomic E-state index is 12.4. The SMILES string of the molecule is C#CC(CCC1(CC(=C)CC)C(=O)CCCC1=O)N=[N+]=[N-]. The van der Waals surface area contributed by atoms with Crippen molar-refractivity contribution in [3.8, 4) is 12.3 Å². The second-order valence-corrected chi connectivity index (χ2v) is 5.49. The zero-order chi connectivity index (χ0) is 15.9. The Labute approximate surface area is 125 Å². The number of terminal acetylenes is 1. The molecule has 5 heteroatoms. The number of azide groups is 1. The van der Waals surface area contributed by atoms with Crippen LogP contribution < -0.4 is 0 Å². The number of ketones is 2.